The van der Waals surface area contributed by atoms with Crippen LogP contribution in [0.1, 0.15) is 0 Å². The first-order valence-electron chi connectivity index (χ1n) is 18.3. The van der Waals surface area contributed by atoms with Crippen molar-refractivity contribution in [2.24, 2.45) is 0 Å². The molecule has 53 heavy (non-hydrogen) atoms. The van der Waals surface area contributed by atoms with E-state index in [0.29, 0.717) is 0 Å². The maximum absolute atomic E-state index is 2.42. The lowest BCUT2D eigenvalue weighted by atomic mass is 9.90. The quantitative estimate of drug-likeness (QED) is 0.130. The topological polar surface area (TPSA) is 4.93 Å². The van der Waals surface area contributed by atoms with E-state index in [1.807, 2.05) is 0 Å². The minimum Gasteiger partial charge on any atom is -0.309 e. The Kier molecular flexibility index (Phi) is 6.62. The van der Waals surface area contributed by atoms with Gasteiger partial charge in [-0.15, -0.1) is 0 Å². The van der Waals surface area contributed by atoms with E-state index in [-0.39, 0.29) is 0 Å². The van der Waals surface area contributed by atoms with Crippen LogP contribution >= 0.6 is 0 Å². The summed E-state index contributed by atoms with van der Waals surface area (Å²) < 4.78 is 2.42. The monoisotopic (exact) mass is 671 g/mol. The zero-order valence-electron chi connectivity index (χ0n) is 29.0. The lowest BCUT2D eigenvalue weighted by molar-refractivity contribution is 1.18. The van der Waals surface area contributed by atoms with Crippen LogP contribution in [-0.2, 0) is 0 Å². The summed E-state index contributed by atoms with van der Waals surface area (Å²) in [6.45, 7) is 0. The number of rotatable bonds is 4. The smallest absolute Gasteiger partial charge is 0.0541 e. The summed E-state index contributed by atoms with van der Waals surface area (Å²) in [7, 11) is 0. The van der Waals surface area contributed by atoms with Crippen molar-refractivity contribution in [2.45, 2.75) is 0 Å². The Labute approximate surface area is 307 Å². The normalized spacial score (nSPS) is 11.8. The summed E-state index contributed by atoms with van der Waals surface area (Å²) in [6.07, 6.45) is 0. The molecule has 0 saturated carbocycles. The van der Waals surface area contributed by atoms with Crippen LogP contribution in [0.25, 0.3) is 104 Å². The molecule has 1 aromatic heterocycles. The van der Waals surface area contributed by atoms with E-state index in [1.165, 1.54) is 98.3 Å². The van der Waals surface area contributed by atoms with Gasteiger partial charge in [-0.2, -0.15) is 0 Å². The largest absolute Gasteiger partial charge is 0.309 e. The lowest BCUT2D eigenvalue weighted by Crippen LogP contribution is -1.94. The minimum absolute atomic E-state index is 1.15. The van der Waals surface area contributed by atoms with Gasteiger partial charge in [0.25, 0.3) is 0 Å². The molecule has 1 heterocycles. The number of nitrogens with zero attached hydrogens (tertiary/aromatic N) is 1. The Morgan fingerprint density at radius 3 is 1.26 bits per heavy atom. The highest BCUT2D eigenvalue weighted by molar-refractivity contribution is 6.27. The Balaban J connectivity index is 1.08. The molecule has 0 fully saturated rings. The molecule has 0 amide bonds. The summed E-state index contributed by atoms with van der Waals surface area (Å²) in [4.78, 5) is 0. The molecule has 0 N–H and O–H groups in total. The van der Waals surface area contributed by atoms with Crippen LogP contribution in [0.3, 0.4) is 0 Å². The fraction of sp³-hybridized carbons (Fsp3) is 0. The zero-order valence-corrected chi connectivity index (χ0v) is 29.0. The Morgan fingerprint density at radius 1 is 0.245 bits per heavy atom. The van der Waals surface area contributed by atoms with Gasteiger partial charge in [0.05, 0.1) is 11.0 Å². The first-order chi connectivity index (χ1) is 26.3. The molecule has 246 valence electrons. The number of hydrogen-bond donors (Lipinski definition) is 0. The average molecular weight is 672 g/mol. The molecule has 0 atom stereocenters. The van der Waals surface area contributed by atoms with Crippen LogP contribution in [0.2, 0.25) is 0 Å². The summed E-state index contributed by atoms with van der Waals surface area (Å²) in [5, 5.41) is 12.8. The van der Waals surface area contributed by atoms with Crippen molar-refractivity contribution in [2.75, 3.05) is 0 Å². The second-order valence-electron chi connectivity index (χ2n) is 14.1. The third-order valence-corrected chi connectivity index (χ3v) is 11.2. The van der Waals surface area contributed by atoms with E-state index >= 15 is 0 Å². The van der Waals surface area contributed by atoms with E-state index < -0.39 is 0 Å². The van der Waals surface area contributed by atoms with Gasteiger partial charge in [-0.1, -0.05) is 152 Å². The van der Waals surface area contributed by atoms with Crippen LogP contribution in [0.5, 0.6) is 0 Å². The maximum Gasteiger partial charge on any atom is 0.0541 e. The maximum atomic E-state index is 2.42. The number of hydrogen-bond acceptors (Lipinski definition) is 0. The standard InChI is InChI=1S/C52H33N/c1-3-12-34(13-4-1)37-24-28-51-49(30-37)50-31-38(35-14-5-2-6-15-35)25-29-52(50)53(51)40-26-22-36(23-27-40)41-21-11-16-39-32-47-44-19-9-7-17-42(44)43-18-8-10-20-45(43)48(47)33-46(39)41/h1-33H. The van der Waals surface area contributed by atoms with Crippen LogP contribution < -0.4 is 0 Å². The lowest BCUT2D eigenvalue weighted by Gasteiger charge is -2.14. The summed E-state index contributed by atoms with van der Waals surface area (Å²) in [5.74, 6) is 0. The SMILES string of the molecule is c1ccc(-c2ccc3c(c2)c2cc(-c4ccccc4)ccc2n3-c2ccc(-c3cccc4cc5c6ccccc6c6ccccc6c5cc34)cc2)cc1. The highest BCUT2D eigenvalue weighted by atomic mass is 15.0. The van der Waals surface area contributed by atoms with Gasteiger partial charge in [0.2, 0.25) is 0 Å². The van der Waals surface area contributed by atoms with Crippen molar-refractivity contribution in [3.8, 4) is 39.1 Å². The van der Waals surface area contributed by atoms with Crippen molar-refractivity contribution in [1.29, 1.82) is 0 Å². The van der Waals surface area contributed by atoms with E-state index in [9.17, 15) is 0 Å². The van der Waals surface area contributed by atoms with Gasteiger partial charge < -0.3 is 4.57 Å². The third-order valence-electron chi connectivity index (χ3n) is 11.2. The van der Waals surface area contributed by atoms with Crippen molar-refractivity contribution in [1.82, 2.24) is 4.57 Å². The highest BCUT2D eigenvalue weighted by Gasteiger charge is 2.16. The van der Waals surface area contributed by atoms with Gasteiger partial charge in [0.1, 0.15) is 0 Å². The first kappa shape index (κ1) is 29.7. The first-order valence-corrected chi connectivity index (χ1v) is 18.3. The van der Waals surface area contributed by atoms with Gasteiger partial charge in [-0.25, -0.2) is 0 Å². The van der Waals surface area contributed by atoms with E-state index in [2.05, 4.69) is 205 Å². The van der Waals surface area contributed by atoms with Crippen LogP contribution in [-0.4, -0.2) is 4.57 Å². The number of benzene rings is 10. The second kappa shape index (κ2) is 11.8. The predicted octanol–water partition coefficient (Wildman–Crippen LogP) is 14.4. The fourth-order valence-electron chi connectivity index (χ4n) is 8.64. The summed E-state index contributed by atoms with van der Waals surface area (Å²) >= 11 is 0. The van der Waals surface area contributed by atoms with Gasteiger partial charge in [0, 0.05) is 16.5 Å². The zero-order chi connectivity index (χ0) is 34.9. The molecule has 11 rings (SSSR count). The van der Waals surface area contributed by atoms with E-state index in [1.54, 1.807) is 0 Å². The minimum atomic E-state index is 1.15. The van der Waals surface area contributed by atoms with Crippen LogP contribution in [0.15, 0.2) is 200 Å². The van der Waals surface area contributed by atoms with Crippen molar-refractivity contribution in [3.05, 3.63) is 200 Å². The van der Waals surface area contributed by atoms with Crippen LogP contribution in [0.4, 0.5) is 0 Å². The predicted molar refractivity (Wildman–Crippen MR) is 227 cm³/mol. The van der Waals surface area contributed by atoms with Crippen LogP contribution in [0, 0.1) is 0 Å². The fourth-order valence-corrected chi connectivity index (χ4v) is 8.64. The molecule has 1 nitrogen and oxygen atoms in total. The average Bonchev–Trinajstić information content (AvgIpc) is 3.56. The van der Waals surface area contributed by atoms with E-state index in [4.69, 9.17) is 0 Å². The van der Waals surface area contributed by atoms with E-state index in [0.717, 1.165) is 5.69 Å². The molecule has 10 aromatic carbocycles. The van der Waals surface area contributed by atoms with Crippen molar-refractivity contribution in [3.63, 3.8) is 0 Å². The molecule has 11 aromatic rings. The molecule has 1 heteroatoms. The van der Waals surface area contributed by atoms with Gasteiger partial charge in [0.15, 0.2) is 0 Å². The number of fused-ring (bicyclic) bond motifs is 10. The molecule has 0 radical (unpaired) electrons. The summed E-state index contributed by atoms with van der Waals surface area (Å²) in [5.41, 5.74) is 10.9. The van der Waals surface area contributed by atoms with Crippen molar-refractivity contribution < 1.29 is 0 Å². The highest BCUT2D eigenvalue weighted by Crippen LogP contribution is 2.41. The molecule has 0 aliphatic rings. The molecular weight excluding hydrogens is 639 g/mol. The Hall–Kier alpha value is -6.96. The Bertz CT molecular complexity index is 3090. The molecule has 0 bridgehead atoms. The van der Waals surface area contributed by atoms with Gasteiger partial charge in [-0.3, -0.25) is 0 Å². The molecule has 0 aliphatic carbocycles. The van der Waals surface area contributed by atoms with Gasteiger partial charge >= 0.3 is 0 Å². The second-order valence-corrected chi connectivity index (χ2v) is 14.1. The third kappa shape index (κ3) is 4.71. The molecule has 0 unspecified atom stereocenters. The molecule has 0 aliphatic heterocycles. The molecule has 0 saturated heterocycles. The van der Waals surface area contributed by atoms with Gasteiger partial charge in [-0.05, 0) is 125 Å². The Morgan fingerprint density at radius 2 is 0.717 bits per heavy atom. The van der Waals surface area contributed by atoms with Crippen molar-refractivity contribution >= 4 is 64.9 Å². The molecule has 0 spiro atoms. The summed E-state index contributed by atoms with van der Waals surface area (Å²) in [6, 6.07) is 73.5. The number of aromatic nitrogens is 1. The molecular formula is C52H33N.